The molecule has 0 amide bonds. The van der Waals surface area contributed by atoms with Crippen molar-refractivity contribution < 1.29 is 4.52 Å². The van der Waals surface area contributed by atoms with Crippen LogP contribution in [0.5, 0.6) is 0 Å². The van der Waals surface area contributed by atoms with Gasteiger partial charge in [-0.05, 0) is 46.6 Å². The molecule has 0 aromatic carbocycles. The first-order valence-electron chi connectivity index (χ1n) is 8.25. The second kappa shape index (κ2) is 6.66. The molecule has 1 unspecified atom stereocenters. The van der Waals surface area contributed by atoms with Gasteiger partial charge in [0.25, 0.3) is 5.56 Å². The number of aryl methyl sites for hydroxylation is 3. The predicted molar refractivity (Wildman–Crippen MR) is 87.7 cm³/mol. The molecule has 3 heterocycles. The Kier molecular flexibility index (Phi) is 4.61. The third kappa shape index (κ3) is 3.69. The lowest BCUT2D eigenvalue weighted by atomic mass is 9.94. The van der Waals surface area contributed by atoms with Crippen LogP contribution in [0.15, 0.2) is 15.4 Å². The van der Waals surface area contributed by atoms with E-state index in [9.17, 15) is 4.79 Å². The summed E-state index contributed by atoms with van der Waals surface area (Å²) in [5, 5.41) is 4.02. The summed E-state index contributed by atoms with van der Waals surface area (Å²) in [6.45, 7) is 8.84. The summed E-state index contributed by atoms with van der Waals surface area (Å²) < 4.78 is 5.24. The highest BCUT2D eigenvalue weighted by molar-refractivity contribution is 5.21. The molecule has 2 aromatic heterocycles. The van der Waals surface area contributed by atoms with Gasteiger partial charge in [0.2, 0.25) is 0 Å². The maximum Gasteiger partial charge on any atom is 0.251 e. The van der Waals surface area contributed by atoms with Crippen molar-refractivity contribution in [3.05, 3.63) is 45.0 Å². The molecule has 0 saturated carbocycles. The second-order valence-corrected chi connectivity index (χ2v) is 6.45. The fourth-order valence-electron chi connectivity index (χ4n) is 3.44. The maximum atomic E-state index is 11.7. The molecular formula is C17H24N4O2. The van der Waals surface area contributed by atoms with Crippen LogP contribution in [0.3, 0.4) is 0 Å². The minimum atomic E-state index is -0.0552. The zero-order valence-corrected chi connectivity index (χ0v) is 14.1. The van der Waals surface area contributed by atoms with Crippen LogP contribution in [0, 0.1) is 20.8 Å². The summed E-state index contributed by atoms with van der Waals surface area (Å²) in [6, 6.07) is 1.65. The second-order valence-electron chi connectivity index (χ2n) is 6.45. The van der Waals surface area contributed by atoms with Crippen molar-refractivity contribution in [3.8, 4) is 0 Å². The van der Waals surface area contributed by atoms with Crippen LogP contribution in [-0.4, -0.2) is 39.7 Å². The first-order valence-corrected chi connectivity index (χ1v) is 8.25. The molecule has 124 valence electrons. The molecule has 1 aliphatic heterocycles. The fourth-order valence-corrected chi connectivity index (χ4v) is 3.44. The van der Waals surface area contributed by atoms with Crippen molar-refractivity contribution in [2.75, 3.05) is 19.6 Å². The van der Waals surface area contributed by atoms with E-state index in [0.717, 1.165) is 56.0 Å². The van der Waals surface area contributed by atoms with Crippen LogP contribution >= 0.6 is 0 Å². The molecule has 1 saturated heterocycles. The van der Waals surface area contributed by atoms with Crippen LogP contribution in [0.1, 0.15) is 47.3 Å². The highest BCUT2D eigenvalue weighted by Gasteiger charge is 2.23. The van der Waals surface area contributed by atoms with Crippen molar-refractivity contribution in [2.24, 2.45) is 0 Å². The molecular weight excluding hydrogens is 292 g/mol. The van der Waals surface area contributed by atoms with Crippen LogP contribution in [0.25, 0.3) is 0 Å². The lowest BCUT2D eigenvalue weighted by molar-refractivity contribution is 0.208. The van der Waals surface area contributed by atoms with Gasteiger partial charge in [-0.3, -0.25) is 4.79 Å². The van der Waals surface area contributed by atoms with Gasteiger partial charge in [0.15, 0.2) is 0 Å². The minimum absolute atomic E-state index is 0.0552. The highest BCUT2D eigenvalue weighted by atomic mass is 16.5. The van der Waals surface area contributed by atoms with Gasteiger partial charge >= 0.3 is 0 Å². The average molecular weight is 316 g/mol. The Morgan fingerprint density at radius 1 is 1.39 bits per heavy atom. The number of nitrogens with one attached hydrogen (secondary N) is 1. The summed E-state index contributed by atoms with van der Waals surface area (Å²) in [6.07, 6.45) is 3.19. The number of hydrogen-bond acceptors (Lipinski definition) is 5. The number of hydrogen-bond donors (Lipinski definition) is 1. The van der Waals surface area contributed by atoms with E-state index < -0.39 is 0 Å². The number of piperidine rings is 1. The standard InChI is InChI=1S/C17H24N4O2/c1-11-15(12(2)23-20-11)6-8-21-7-4-5-14(10-21)16-9-17(22)19-13(3)18-16/h9,14H,4-8,10H2,1-3H3,(H,18,19,22). The number of aromatic nitrogens is 3. The summed E-state index contributed by atoms with van der Waals surface area (Å²) in [7, 11) is 0. The Morgan fingerprint density at radius 3 is 2.91 bits per heavy atom. The van der Waals surface area contributed by atoms with Crippen molar-refractivity contribution in [3.63, 3.8) is 0 Å². The highest BCUT2D eigenvalue weighted by Crippen LogP contribution is 2.25. The third-order valence-electron chi connectivity index (χ3n) is 4.66. The molecule has 1 atom stereocenters. The van der Waals surface area contributed by atoms with Gasteiger partial charge < -0.3 is 14.4 Å². The fraction of sp³-hybridized carbons (Fsp3) is 0.588. The zero-order chi connectivity index (χ0) is 16.4. The molecule has 0 spiro atoms. The van der Waals surface area contributed by atoms with Gasteiger partial charge in [0, 0.05) is 30.6 Å². The monoisotopic (exact) mass is 316 g/mol. The first kappa shape index (κ1) is 15.9. The number of nitrogens with zero attached hydrogens (tertiary/aromatic N) is 3. The molecule has 2 aromatic rings. The largest absolute Gasteiger partial charge is 0.361 e. The Morgan fingerprint density at radius 2 is 2.22 bits per heavy atom. The Labute approximate surface area is 135 Å². The van der Waals surface area contributed by atoms with Gasteiger partial charge in [-0.1, -0.05) is 5.16 Å². The van der Waals surface area contributed by atoms with Gasteiger partial charge in [-0.2, -0.15) is 0 Å². The molecule has 23 heavy (non-hydrogen) atoms. The Bertz CT molecular complexity index is 715. The van der Waals surface area contributed by atoms with Gasteiger partial charge in [-0.25, -0.2) is 4.98 Å². The lowest BCUT2D eigenvalue weighted by Crippen LogP contribution is -2.36. The molecule has 6 heteroatoms. The molecule has 0 bridgehead atoms. The van der Waals surface area contributed by atoms with Crippen LogP contribution in [0.2, 0.25) is 0 Å². The number of aromatic amines is 1. The molecule has 1 N–H and O–H groups in total. The van der Waals surface area contributed by atoms with E-state index in [1.165, 1.54) is 5.56 Å². The predicted octanol–water partition coefficient (Wildman–Crippen LogP) is 2.11. The van der Waals surface area contributed by atoms with E-state index in [2.05, 4.69) is 20.0 Å². The molecule has 0 aliphatic carbocycles. The van der Waals surface area contributed by atoms with E-state index in [0.29, 0.717) is 11.7 Å². The van der Waals surface area contributed by atoms with Gasteiger partial charge in [0.1, 0.15) is 11.6 Å². The third-order valence-corrected chi connectivity index (χ3v) is 4.66. The summed E-state index contributed by atoms with van der Waals surface area (Å²) in [5.41, 5.74) is 3.08. The van der Waals surface area contributed by atoms with E-state index in [4.69, 9.17) is 4.52 Å². The van der Waals surface area contributed by atoms with Gasteiger partial charge in [0.05, 0.1) is 11.4 Å². The van der Waals surface area contributed by atoms with E-state index >= 15 is 0 Å². The Balaban J connectivity index is 1.65. The normalized spacial score (nSPS) is 19.2. The number of H-pyrrole nitrogens is 1. The topological polar surface area (TPSA) is 75.0 Å². The summed E-state index contributed by atoms with van der Waals surface area (Å²) in [5.74, 6) is 1.96. The van der Waals surface area contributed by atoms with Crippen LogP contribution in [0.4, 0.5) is 0 Å². The van der Waals surface area contributed by atoms with Crippen molar-refractivity contribution in [1.82, 2.24) is 20.0 Å². The van der Waals surface area contributed by atoms with E-state index in [1.54, 1.807) is 6.07 Å². The van der Waals surface area contributed by atoms with Gasteiger partial charge in [-0.15, -0.1) is 0 Å². The molecule has 6 nitrogen and oxygen atoms in total. The van der Waals surface area contributed by atoms with Crippen molar-refractivity contribution in [1.29, 1.82) is 0 Å². The van der Waals surface area contributed by atoms with E-state index in [-0.39, 0.29) is 5.56 Å². The lowest BCUT2D eigenvalue weighted by Gasteiger charge is -2.32. The summed E-state index contributed by atoms with van der Waals surface area (Å²) >= 11 is 0. The summed E-state index contributed by atoms with van der Waals surface area (Å²) in [4.78, 5) is 21.4. The molecule has 1 aliphatic rings. The Hall–Kier alpha value is -1.95. The SMILES string of the molecule is Cc1nc(C2CCCN(CCc3c(C)noc3C)C2)cc(=O)[nH]1. The molecule has 0 radical (unpaired) electrons. The number of likely N-dealkylation sites (tertiary alicyclic amines) is 1. The zero-order valence-electron chi connectivity index (χ0n) is 14.1. The molecule has 3 rings (SSSR count). The van der Waals surface area contributed by atoms with Crippen molar-refractivity contribution in [2.45, 2.75) is 46.0 Å². The van der Waals surface area contributed by atoms with Crippen LogP contribution in [-0.2, 0) is 6.42 Å². The first-order chi connectivity index (χ1) is 11.0. The minimum Gasteiger partial charge on any atom is -0.361 e. The number of rotatable bonds is 4. The maximum absolute atomic E-state index is 11.7. The quantitative estimate of drug-likeness (QED) is 0.935. The van der Waals surface area contributed by atoms with Crippen molar-refractivity contribution >= 4 is 0 Å². The average Bonchev–Trinajstić information content (AvgIpc) is 2.83. The van der Waals surface area contributed by atoms with E-state index in [1.807, 2.05) is 20.8 Å². The van der Waals surface area contributed by atoms with Crippen LogP contribution < -0.4 is 5.56 Å². The molecule has 1 fully saturated rings. The smallest absolute Gasteiger partial charge is 0.251 e.